The Morgan fingerprint density at radius 1 is 1.38 bits per heavy atom. The smallest absolute Gasteiger partial charge is 0.0525 e. The van der Waals surface area contributed by atoms with Gasteiger partial charge in [-0.2, -0.15) is 0 Å². The standard InChI is InChI=1S/C11H21NO/c1-12-8-10-4-7-13-9-11(10)5-2-3-6-11/h10,12H,2-9H2,1H3. The highest BCUT2D eigenvalue weighted by Crippen LogP contribution is 2.47. The Morgan fingerprint density at radius 2 is 2.15 bits per heavy atom. The molecule has 1 spiro atoms. The van der Waals surface area contributed by atoms with Gasteiger partial charge in [-0.3, -0.25) is 0 Å². The number of hydrogen-bond acceptors (Lipinski definition) is 2. The van der Waals surface area contributed by atoms with E-state index in [2.05, 4.69) is 12.4 Å². The predicted molar refractivity (Wildman–Crippen MR) is 53.8 cm³/mol. The maximum Gasteiger partial charge on any atom is 0.0525 e. The van der Waals surface area contributed by atoms with Crippen LogP contribution in [0.5, 0.6) is 0 Å². The summed E-state index contributed by atoms with van der Waals surface area (Å²) in [4.78, 5) is 0. The number of rotatable bonds is 2. The highest BCUT2D eigenvalue weighted by atomic mass is 16.5. The molecule has 1 saturated heterocycles. The van der Waals surface area contributed by atoms with Crippen LogP contribution in [0.2, 0.25) is 0 Å². The second-order valence-electron chi connectivity index (χ2n) is 4.67. The second kappa shape index (κ2) is 3.97. The largest absolute Gasteiger partial charge is 0.381 e. The Bertz CT molecular complexity index is 161. The normalized spacial score (nSPS) is 32.5. The molecule has 2 heteroatoms. The van der Waals surface area contributed by atoms with E-state index in [1.54, 1.807) is 0 Å². The van der Waals surface area contributed by atoms with Gasteiger partial charge in [-0.05, 0) is 44.2 Å². The first-order valence-corrected chi connectivity index (χ1v) is 5.60. The molecule has 2 aliphatic rings. The van der Waals surface area contributed by atoms with Gasteiger partial charge in [0.15, 0.2) is 0 Å². The number of ether oxygens (including phenoxy) is 1. The molecule has 0 aromatic rings. The minimum atomic E-state index is 0.557. The van der Waals surface area contributed by atoms with E-state index in [0.717, 1.165) is 19.1 Å². The molecule has 0 aromatic carbocycles. The fourth-order valence-corrected chi connectivity index (χ4v) is 3.12. The molecule has 1 aliphatic carbocycles. The molecule has 0 bridgehead atoms. The molecule has 1 heterocycles. The Labute approximate surface area is 81.0 Å². The first kappa shape index (κ1) is 9.47. The topological polar surface area (TPSA) is 21.3 Å². The van der Waals surface area contributed by atoms with E-state index in [0.29, 0.717) is 5.41 Å². The van der Waals surface area contributed by atoms with Crippen LogP contribution in [0.25, 0.3) is 0 Å². The van der Waals surface area contributed by atoms with Crippen LogP contribution in [-0.4, -0.2) is 26.8 Å². The van der Waals surface area contributed by atoms with E-state index >= 15 is 0 Å². The SMILES string of the molecule is CNCC1CCOCC12CCCC2. The summed E-state index contributed by atoms with van der Waals surface area (Å²) in [5.41, 5.74) is 0.557. The molecule has 0 radical (unpaired) electrons. The van der Waals surface area contributed by atoms with Crippen LogP contribution in [0, 0.1) is 11.3 Å². The van der Waals surface area contributed by atoms with E-state index in [4.69, 9.17) is 4.74 Å². The van der Waals surface area contributed by atoms with Gasteiger partial charge in [-0.25, -0.2) is 0 Å². The average Bonchev–Trinajstić information content (AvgIpc) is 2.59. The zero-order valence-electron chi connectivity index (χ0n) is 8.64. The van der Waals surface area contributed by atoms with Gasteiger partial charge < -0.3 is 10.1 Å². The highest BCUT2D eigenvalue weighted by Gasteiger charge is 2.42. The van der Waals surface area contributed by atoms with E-state index in [9.17, 15) is 0 Å². The molecule has 1 N–H and O–H groups in total. The van der Waals surface area contributed by atoms with Gasteiger partial charge in [-0.1, -0.05) is 12.8 Å². The van der Waals surface area contributed by atoms with Crippen LogP contribution >= 0.6 is 0 Å². The van der Waals surface area contributed by atoms with Crippen molar-refractivity contribution in [2.45, 2.75) is 32.1 Å². The summed E-state index contributed by atoms with van der Waals surface area (Å²) < 4.78 is 5.66. The van der Waals surface area contributed by atoms with Gasteiger partial charge in [-0.15, -0.1) is 0 Å². The van der Waals surface area contributed by atoms with Gasteiger partial charge in [0.1, 0.15) is 0 Å². The lowest BCUT2D eigenvalue weighted by atomic mass is 9.71. The molecular weight excluding hydrogens is 162 g/mol. The summed E-state index contributed by atoms with van der Waals surface area (Å²) in [5, 5.41) is 3.33. The third kappa shape index (κ3) is 1.75. The van der Waals surface area contributed by atoms with Gasteiger partial charge in [0, 0.05) is 6.61 Å². The predicted octanol–water partition coefficient (Wildman–Crippen LogP) is 1.80. The third-order valence-electron chi connectivity index (χ3n) is 3.92. The molecule has 1 atom stereocenters. The van der Waals surface area contributed by atoms with Crippen molar-refractivity contribution in [2.24, 2.45) is 11.3 Å². The van der Waals surface area contributed by atoms with Crippen molar-refractivity contribution < 1.29 is 4.74 Å². The summed E-state index contributed by atoms with van der Waals surface area (Å²) in [6, 6.07) is 0. The summed E-state index contributed by atoms with van der Waals surface area (Å²) in [6.45, 7) is 3.19. The Hall–Kier alpha value is -0.0800. The van der Waals surface area contributed by atoms with Crippen molar-refractivity contribution in [3.63, 3.8) is 0 Å². The first-order valence-electron chi connectivity index (χ1n) is 5.60. The van der Waals surface area contributed by atoms with Gasteiger partial charge in [0.2, 0.25) is 0 Å². The van der Waals surface area contributed by atoms with Crippen LogP contribution < -0.4 is 5.32 Å². The lowest BCUT2D eigenvalue weighted by molar-refractivity contribution is -0.0474. The summed E-state index contributed by atoms with van der Waals surface area (Å²) >= 11 is 0. The van der Waals surface area contributed by atoms with Crippen molar-refractivity contribution >= 4 is 0 Å². The average molecular weight is 183 g/mol. The molecule has 0 aromatic heterocycles. The van der Waals surface area contributed by atoms with Crippen LogP contribution in [-0.2, 0) is 4.74 Å². The van der Waals surface area contributed by atoms with E-state index in [-0.39, 0.29) is 0 Å². The summed E-state index contributed by atoms with van der Waals surface area (Å²) in [6.07, 6.45) is 6.91. The zero-order chi connectivity index (χ0) is 9.15. The quantitative estimate of drug-likeness (QED) is 0.705. The van der Waals surface area contributed by atoms with Crippen molar-refractivity contribution in [2.75, 3.05) is 26.8 Å². The fraction of sp³-hybridized carbons (Fsp3) is 1.00. The molecule has 2 rings (SSSR count). The van der Waals surface area contributed by atoms with E-state index in [1.165, 1.54) is 38.6 Å². The van der Waals surface area contributed by atoms with Crippen LogP contribution in [0.1, 0.15) is 32.1 Å². The van der Waals surface area contributed by atoms with Crippen molar-refractivity contribution in [3.05, 3.63) is 0 Å². The van der Waals surface area contributed by atoms with Crippen LogP contribution in [0.4, 0.5) is 0 Å². The van der Waals surface area contributed by atoms with E-state index in [1.807, 2.05) is 0 Å². The third-order valence-corrected chi connectivity index (χ3v) is 3.92. The maximum atomic E-state index is 5.66. The molecule has 2 nitrogen and oxygen atoms in total. The van der Waals surface area contributed by atoms with Crippen LogP contribution in [0.15, 0.2) is 0 Å². The van der Waals surface area contributed by atoms with Gasteiger partial charge in [0.25, 0.3) is 0 Å². The molecule has 2 fully saturated rings. The molecule has 1 unspecified atom stereocenters. The number of hydrogen-bond donors (Lipinski definition) is 1. The fourth-order valence-electron chi connectivity index (χ4n) is 3.12. The molecule has 0 amide bonds. The van der Waals surface area contributed by atoms with Crippen LogP contribution in [0.3, 0.4) is 0 Å². The minimum absolute atomic E-state index is 0.557. The minimum Gasteiger partial charge on any atom is -0.381 e. The zero-order valence-corrected chi connectivity index (χ0v) is 8.64. The lowest BCUT2D eigenvalue weighted by Gasteiger charge is -2.41. The molecule has 13 heavy (non-hydrogen) atoms. The van der Waals surface area contributed by atoms with Crippen molar-refractivity contribution in [1.82, 2.24) is 5.32 Å². The molecule has 1 saturated carbocycles. The highest BCUT2D eigenvalue weighted by molar-refractivity contribution is 4.93. The van der Waals surface area contributed by atoms with E-state index < -0.39 is 0 Å². The summed E-state index contributed by atoms with van der Waals surface area (Å²) in [5.74, 6) is 0.869. The van der Waals surface area contributed by atoms with Crippen molar-refractivity contribution in [3.8, 4) is 0 Å². The number of nitrogens with one attached hydrogen (secondary N) is 1. The Kier molecular flexibility index (Phi) is 2.89. The molecule has 76 valence electrons. The lowest BCUT2D eigenvalue weighted by Crippen LogP contribution is -2.42. The maximum absolute atomic E-state index is 5.66. The van der Waals surface area contributed by atoms with Crippen molar-refractivity contribution in [1.29, 1.82) is 0 Å². The second-order valence-corrected chi connectivity index (χ2v) is 4.67. The Morgan fingerprint density at radius 3 is 2.85 bits per heavy atom. The van der Waals surface area contributed by atoms with Gasteiger partial charge in [0.05, 0.1) is 6.61 Å². The Balaban J connectivity index is 2.03. The monoisotopic (exact) mass is 183 g/mol. The molecular formula is C11H21NO. The van der Waals surface area contributed by atoms with Gasteiger partial charge >= 0.3 is 0 Å². The summed E-state index contributed by atoms with van der Waals surface area (Å²) in [7, 11) is 2.07. The molecule has 1 aliphatic heterocycles. The first-order chi connectivity index (χ1) is 6.37.